The first kappa shape index (κ1) is 18.2. The molecule has 0 aliphatic carbocycles. The van der Waals surface area contributed by atoms with Gasteiger partial charge in [-0.05, 0) is 47.4 Å². The predicted molar refractivity (Wildman–Crippen MR) is 95.1 cm³/mol. The molecule has 0 heterocycles. The van der Waals surface area contributed by atoms with Crippen molar-refractivity contribution in [1.29, 1.82) is 0 Å². The lowest BCUT2D eigenvalue weighted by Crippen LogP contribution is -2.24. The van der Waals surface area contributed by atoms with E-state index in [1.807, 2.05) is 0 Å². The van der Waals surface area contributed by atoms with E-state index in [1.165, 1.54) is 29.5 Å². The number of rotatable bonds is 8. The third kappa shape index (κ3) is 5.14. The van der Waals surface area contributed by atoms with Gasteiger partial charge in [-0.3, -0.25) is 0 Å². The lowest BCUT2D eigenvalue weighted by molar-refractivity contribution is 0.406. The number of hydrogen-bond acceptors (Lipinski definition) is 1. The monoisotopic (exact) mass is 289 g/mol. The van der Waals surface area contributed by atoms with Crippen LogP contribution < -0.4 is 5.32 Å². The zero-order valence-corrected chi connectivity index (χ0v) is 15.2. The minimum atomic E-state index is 0.489. The normalized spacial score (nSPS) is 14.7. The summed E-state index contributed by atoms with van der Waals surface area (Å²) in [6.45, 7) is 17.1. The molecule has 1 aromatic carbocycles. The smallest absolute Gasteiger partial charge is 0.0325 e. The molecule has 1 heteroatoms. The maximum absolute atomic E-state index is 3.71. The van der Waals surface area contributed by atoms with E-state index in [-0.39, 0.29) is 0 Å². The Morgan fingerprint density at radius 3 is 2.05 bits per heavy atom. The van der Waals surface area contributed by atoms with Gasteiger partial charge in [0.05, 0.1) is 0 Å². The molecule has 0 spiro atoms. The zero-order chi connectivity index (χ0) is 16.0. The van der Waals surface area contributed by atoms with Crippen LogP contribution in [-0.2, 0) is 0 Å². The average Bonchev–Trinajstić information content (AvgIpc) is 2.45. The van der Waals surface area contributed by atoms with Crippen LogP contribution in [0.2, 0.25) is 0 Å². The van der Waals surface area contributed by atoms with Crippen molar-refractivity contribution in [3.05, 3.63) is 34.9 Å². The molecule has 0 aromatic heterocycles. The molecule has 0 saturated heterocycles. The summed E-state index contributed by atoms with van der Waals surface area (Å²) in [4.78, 5) is 0. The highest BCUT2D eigenvalue weighted by Crippen LogP contribution is 2.32. The summed E-state index contributed by atoms with van der Waals surface area (Å²) in [5.74, 6) is 1.94. The predicted octanol–water partition coefficient (Wildman–Crippen LogP) is 6.02. The molecule has 1 rings (SSSR count). The third-order valence-corrected chi connectivity index (χ3v) is 4.56. The first-order chi connectivity index (χ1) is 9.90. The molecular weight excluding hydrogens is 254 g/mol. The van der Waals surface area contributed by atoms with Crippen LogP contribution in [0.3, 0.4) is 0 Å². The zero-order valence-electron chi connectivity index (χ0n) is 15.2. The first-order valence-corrected chi connectivity index (χ1v) is 8.77. The Labute approximate surface area is 132 Å². The van der Waals surface area contributed by atoms with Crippen LogP contribution in [0.5, 0.6) is 0 Å². The Morgan fingerprint density at radius 1 is 0.905 bits per heavy atom. The highest BCUT2D eigenvalue weighted by molar-refractivity contribution is 5.37. The summed E-state index contributed by atoms with van der Waals surface area (Å²) >= 11 is 0. The Balaban J connectivity index is 3.16. The summed E-state index contributed by atoms with van der Waals surface area (Å²) in [5, 5.41) is 3.71. The SMILES string of the molecule is CCNC(CC(C)CC)c1ccc(C(C)C)cc1C(C)C. The van der Waals surface area contributed by atoms with E-state index in [0.29, 0.717) is 17.9 Å². The van der Waals surface area contributed by atoms with Gasteiger partial charge in [-0.25, -0.2) is 0 Å². The quantitative estimate of drug-likeness (QED) is 0.617. The maximum Gasteiger partial charge on any atom is 0.0325 e. The Kier molecular flexibility index (Phi) is 7.45. The largest absolute Gasteiger partial charge is 0.310 e. The molecule has 0 radical (unpaired) electrons. The van der Waals surface area contributed by atoms with E-state index >= 15 is 0 Å². The van der Waals surface area contributed by atoms with Gasteiger partial charge in [0.1, 0.15) is 0 Å². The van der Waals surface area contributed by atoms with Crippen LogP contribution in [0, 0.1) is 5.92 Å². The van der Waals surface area contributed by atoms with Crippen molar-refractivity contribution in [1.82, 2.24) is 5.32 Å². The summed E-state index contributed by atoms with van der Waals surface area (Å²) < 4.78 is 0. The molecule has 2 unspecified atom stereocenters. The van der Waals surface area contributed by atoms with Gasteiger partial charge in [0.15, 0.2) is 0 Å². The molecule has 0 aliphatic heterocycles. The minimum Gasteiger partial charge on any atom is -0.310 e. The molecule has 0 aliphatic rings. The van der Waals surface area contributed by atoms with Crippen LogP contribution >= 0.6 is 0 Å². The van der Waals surface area contributed by atoms with Crippen molar-refractivity contribution in [2.75, 3.05) is 6.54 Å². The Bertz CT molecular complexity index is 420. The summed E-state index contributed by atoms with van der Waals surface area (Å²) in [6.07, 6.45) is 2.48. The first-order valence-electron chi connectivity index (χ1n) is 8.77. The van der Waals surface area contributed by atoms with Crippen molar-refractivity contribution in [3.8, 4) is 0 Å². The van der Waals surface area contributed by atoms with Crippen LogP contribution in [0.4, 0.5) is 0 Å². The molecule has 0 fully saturated rings. The van der Waals surface area contributed by atoms with E-state index in [1.54, 1.807) is 0 Å². The second-order valence-electron chi connectivity index (χ2n) is 7.06. The maximum atomic E-state index is 3.71. The van der Waals surface area contributed by atoms with Gasteiger partial charge in [-0.2, -0.15) is 0 Å². The second-order valence-corrected chi connectivity index (χ2v) is 7.06. The molecule has 120 valence electrons. The lowest BCUT2D eigenvalue weighted by atomic mass is 9.85. The van der Waals surface area contributed by atoms with Gasteiger partial charge in [-0.1, -0.05) is 73.1 Å². The fourth-order valence-electron chi connectivity index (χ4n) is 2.91. The fourth-order valence-corrected chi connectivity index (χ4v) is 2.91. The van der Waals surface area contributed by atoms with Gasteiger partial charge in [0.25, 0.3) is 0 Å². The lowest BCUT2D eigenvalue weighted by Gasteiger charge is -2.26. The molecule has 1 aromatic rings. The van der Waals surface area contributed by atoms with Crippen molar-refractivity contribution >= 4 is 0 Å². The highest BCUT2D eigenvalue weighted by Gasteiger charge is 2.19. The average molecular weight is 290 g/mol. The number of hydrogen-bond donors (Lipinski definition) is 1. The van der Waals surface area contributed by atoms with E-state index in [9.17, 15) is 0 Å². The van der Waals surface area contributed by atoms with E-state index in [4.69, 9.17) is 0 Å². The summed E-state index contributed by atoms with van der Waals surface area (Å²) in [5.41, 5.74) is 4.49. The Morgan fingerprint density at radius 2 is 1.57 bits per heavy atom. The van der Waals surface area contributed by atoms with Crippen LogP contribution in [-0.4, -0.2) is 6.54 Å². The third-order valence-electron chi connectivity index (χ3n) is 4.56. The molecule has 0 amide bonds. The van der Waals surface area contributed by atoms with E-state index in [0.717, 1.165) is 12.5 Å². The Hall–Kier alpha value is -0.820. The van der Waals surface area contributed by atoms with Crippen molar-refractivity contribution in [2.24, 2.45) is 5.92 Å². The van der Waals surface area contributed by atoms with E-state index in [2.05, 4.69) is 72.0 Å². The van der Waals surface area contributed by atoms with Crippen molar-refractivity contribution in [3.63, 3.8) is 0 Å². The fraction of sp³-hybridized carbons (Fsp3) is 0.700. The minimum absolute atomic E-state index is 0.489. The standard InChI is InChI=1S/C20H35N/c1-8-16(7)12-20(21-9-2)18-11-10-17(14(3)4)13-19(18)15(5)6/h10-11,13-16,20-21H,8-9,12H2,1-7H3. The van der Waals surface area contributed by atoms with Gasteiger partial charge in [0.2, 0.25) is 0 Å². The van der Waals surface area contributed by atoms with Gasteiger partial charge in [-0.15, -0.1) is 0 Å². The molecule has 0 saturated carbocycles. The van der Waals surface area contributed by atoms with E-state index < -0.39 is 0 Å². The number of nitrogens with one attached hydrogen (secondary N) is 1. The molecule has 21 heavy (non-hydrogen) atoms. The molecule has 2 atom stereocenters. The summed E-state index contributed by atoms with van der Waals surface area (Å²) in [7, 11) is 0. The van der Waals surface area contributed by atoms with Crippen LogP contribution in [0.15, 0.2) is 18.2 Å². The molecule has 1 N–H and O–H groups in total. The summed E-state index contributed by atoms with van der Waals surface area (Å²) in [6, 6.07) is 7.63. The van der Waals surface area contributed by atoms with Crippen molar-refractivity contribution < 1.29 is 0 Å². The second kappa shape index (κ2) is 8.58. The number of benzene rings is 1. The topological polar surface area (TPSA) is 12.0 Å². The van der Waals surface area contributed by atoms with Gasteiger partial charge in [0, 0.05) is 6.04 Å². The van der Waals surface area contributed by atoms with Crippen LogP contribution in [0.25, 0.3) is 0 Å². The molecule has 0 bridgehead atoms. The van der Waals surface area contributed by atoms with Crippen molar-refractivity contribution in [2.45, 2.75) is 79.2 Å². The van der Waals surface area contributed by atoms with Gasteiger partial charge >= 0.3 is 0 Å². The van der Waals surface area contributed by atoms with Gasteiger partial charge < -0.3 is 5.32 Å². The molecular formula is C20H35N. The molecule has 1 nitrogen and oxygen atoms in total. The highest BCUT2D eigenvalue weighted by atomic mass is 14.9. The van der Waals surface area contributed by atoms with Crippen LogP contribution in [0.1, 0.15) is 95.9 Å².